The van der Waals surface area contributed by atoms with Gasteiger partial charge in [-0.25, -0.2) is 8.78 Å². The highest BCUT2D eigenvalue weighted by Gasteiger charge is 2.19. The van der Waals surface area contributed by atoms with Crippen molar-refractivity contribution < 1.29 is 8.78 Å². The van der Waals surface area contributed by atoms with Gasteiger partial charge in [0.15, 0.2) is 0 Å². The van der Waals surface area contributed by atoms with E-state index in [1.54, 1.807) is 18.3 Å². The predicted molar refractivity (Wildman–Crippen MR) is 83.5 cm³/mol. The fourth-order valence-electron chi connectivity index (χ4n) is 2.33. The molecule has 0 saturated heterocycles. The van der Waals surface area contributed by atoms with E-state index in [-0.39, 0.29) is 17.6 Å². The lowest BCUT2D eigenvalue weighted by molar-refractivity contribution is 0.284. The third-order valence-electron chi connectivity index (χ3n) is 3.55. The summed E-state index contributed by atoms with van der Waals surface area (Å²) in [5.41, 5.74) is 0.0983. The van der Waals surface area contributed by atoms with E-state index in [9.17, 15) is 8.78 Å². The number of benzene rings is 1. The van der Waals surface area contributed by atoms with Crippen molar-refractivity contribution in [1.82, 2.24) is 10.2 Å². The summed E-state index contributed by atoms with van der Waals surface area (Å²) in [6, 6.07) is 7.85. The van der Waals surface area contributed by atoms with Crippen molar-refractivity contribution in [2.24, 2.45) is 0 Å². The van der Waals surface area contributed by atoms with Gasteiger partial charge < -0.3 is 10.2 Å². The summed E-state index contributed by atoms with van der Waals surface area (Å²) in [6.45, 7) is 2.41. The molecule has 0 aliphatic rings. The molecule has 1 aromatic heterocycles. The number of rotatable bonds is 6. The number of halogens is 2. The zero-order valence-corrected chi connectivity index (χ0v) is 13.3. The molecule has 0 spiro atoms. The number of hydrogen-bond donors (Lipinski definition) is 1. The lowest BCUT2D eigenvalue weighted by Gasteiger charge is -2.26. The average molecular weight is 310 g/mol. The molecule has 0 amide bonds. The maximum atomic E-state index is 13.8. The van der Waals surface area contributed by atoms with Gasteiger partial charge in [0.2, 0.25) is 0 Å². The first-order valence-corrected chi connectivity index (χ1v) is 7.75. The molecular weight excluding hydrogens is 290 g/mol. The van der Waals surface area contributed by atoms with Gasteiger partial charge in [-0.2, -0.15) is 0 Å². The van der Waals surface area contributed by atoms with Crippen LogP contribution in [0.2, 0.25) is 0 Å². The van der Waals surface area contributed by atoms with E-state index in [0.29, 0.717) is 6.54 Å². The van der Waals surface area contributed by atoms with Gasteiger partial charge in [0, 0.05) is 23.0 Å². The van der Waals surface area contributed by atoms with E-state index < -0.39 is 11.6 Å². The van der Waals surface area contributed by atoms with Crippen LogP contribution in [0.5, 0.6) is 0 Å². The Hall–Kier alpha value is -1.30. The molecular formula is C16H20F2N2S. The molecule has 21 heavy (non-hydrogen) atoms. The molecule has 2 unspecified atom stereocenters. The highest BCUT2D eigenvalue weighted by atomic mass is 32.1. The monoisotopic (exact) mass is 310 g/mol. The fourth-order valence-corrected chi connectivity index (χ4v) is 3.26. The van der Waals surface area contributed by atoms with Gasteiger partial charge in [-0.3, -0.25) is 0 Å². The predicted octanol–water partition coefficient (Wildman–Crippen LogP) is 3.98. The van der Waals surface area contributed by atoms with Crippen LogP contribution in [0.25, 0.3) is 0 Å². The van der Waals surface area contributed by atoms with Crippen molar-refractivity contribution in [1.29, 1.82) is 0 Å². The normalized spacial score (nSPS) is 14.4. The third-order valence-corrected chi connectivity index (χ3v) is 4.52. The van der Waals surface area contributed by atoms with Crippen molar-refractivity contribution >= 4 is 11.3 Å². The summed E-state index contributed by atoms with van der Waals surface area (Å²) in [7, 11) is 4.00. The maximum absolute atomic E-state index is 13.8. The standard InChI is InChI=1S/C16H20F2N2S/c1-11(16-12(17)6-4-7-13(16)18)19-10-14(20(2)3)15-8-5-9-21-15/h4-9,11,14,19H,10H2,1-3H3. The van der Waals surface area contributed by atoms with Gasteiger partial charge in [-0.1, -0.05) is 12.1 Å². The van der Waals surface area contributed by atoms with E-state index >= 15 is 0 Å². The largest absolute Gasteiger partial charge is 0.308 e. The minimum Gasteiger partial charge on any atom is -0.308 e. The quantitative estimate of drug-likeness (QED) is 0.868. The van der Waals surface area contributed by atoms with Gasteiger partial charge in [0.25, 0.3) is 0 Å². The molecule has 0 radical (unpaired) electrons. The molecule has 0 bridgehead atoms. The smallest absolute Gasteiger partial charge is 0.130 e. The van der Waals surface area contributed by atoms with Crippen LogP contribution in [0.15, 0.2) is 35.7 Å². The molecule has 114 valence electrons. The molecule has 0 fully saturated rings. The molecule has 0 aliphatic carbocycles. The molecule has 2 aromatic rings. The molecule has 0 aliphatic heterocycles. The van der Waals surface area contributed by atoms with Crippen LogP contribution in [-0.2, 0) is 0 Å². The van der Waals surface area contributed by atoms with Crippen LogP contribution in [0.3, 0.4) is 0 Å². The van der Waals surface area contributed by atoms with Crippen molar-refractivity contribution in [3.63, 3.8) is 0 Å². The SMILES string of the molecule is CC(NCC(c1cccs1)N(C)C)c1c(F)cccc1F. The maximum Gasteiger partial charge on any atom is 0.130 e. The second-order valence-electron chi connectivity index (χ2n) is 5.26. The molecule has 1 heterocycles. The van der Waals surface area contributed by atoms with Gasteiger partial charge in [-0.15, -0.1) is 11.3 Å². The summed E-state index contributed by atoms with van der Waals surface area (Å²) >= 11 is 1.68. The van der Waals surface area contributed by atoms with Crippen LogP contribution in [0, 0.1) is 11.6 Å². The van der Waals surface area contributed by atoms with Crippen LogP contribution < -0.4 is 5.32 Å². The molecule has 1 N–H and O–H groups in total. The van der Waals surface area contributed by atoms with E-state index in [4.69, 9.17) is 0 Å². The zero-order valence-electron chi connectivity index (χ0n) is 12.4. The first kappa shape index (κ1) is 16.1. The van der Waals surface area contributed by atoms with Crippen molar-refractivity contribution in [2.45, 2.75) is 19.0 Å². The fraction of sp³-hybridized carbons (Fsp3) is 0.375. The number of nitrogens with one attached hydrogen (secondary N) is 1. The number of nitrogens with zero attached hydrogens (tertiary/aromatic N) is 1. The Morgan fingerprint density at radius 2 is 1.81 bits per heavy atom. The van der Waals surface area contributed by atoms with Crippen LogP contribution in [-0.4, -0.2) is 25.5 Å². The summed E-state index contributed by atoms with van der Waals surface area (Å²) in [5, 5.41) is 5.27. The van der Waals surface area contributed by atoms with Crippen LogP contribution >= 0.6 is 11.3 Å². The Morgan fingerprint density at radius 1 is 1.14 bits per heavy atom. The molecule has 2 atom stereocenters. The van der Waals surface area contributed by atoms with Gasteiger partial charge >= 0.3 is 0 Å². The summed E-state index contributed by atoms with van der Waals surface area (Å²) in [6.07, 6.45) is 0. The lowest BCUT2D eigenvalue weighted by atomic mass is 10.1. The Balaban J connectivity index is 2.07. The van der Waals surface area contributed by atoms with E-state index in [0.717, 1.165) is 0 Å². The van der Waals surface area contributed by atoms with Gasteiger partial charge in [-0.05, 0) is 44.6 Å². The average Bonchev–Trinajstić information content (AvgIpc) is 2.92. The first-order valence-electron chi connectivity index (χ1n) is 6.87. The Kier molecular flexibility index (Phi) is 5.45. The Labute approximate surface area is 128 Å². The lowest BCUT2D eigenvalue weighted by Crippen LogP contribution is -2.32. The van der Waals surface area contributed by atoms with Gasteiger partial charge in [0.1, 0.15) is 11.6 Å². The van der Waals surface area contributed by atoms with Crippen molar-refractivity contribution in [3.8, 4) is 0 Å². The van der Waals surface area contributed by atoms with Crippen molar-refractivity contribution in [2.75, 3.05) is 20.6 Å². The third kappa shape index (κ3) is 3.87. The zero-order chi connectivity index (χ0) is 15.4. The Bertz CT molecular complexity index is 549. The molecule has 2 nitrogen and oxygen atoms in total. The summed E-state index contributed by atoms with van der Waals surface area (Å²) in [5.74, 6) is -1.01. The minimum absolute atomic E-state index is 0.0983. The molecule has 5 heteroatoms. The Morgan fingerprint density at radius 3 is 2.33 bits per heavy atom. The first-order chi connectivity index (χ1) is 10.0. The molecule has 1 aromatic carbocycles. The van der Waals surface area contributed by atoms with Crippen LogP contribution in [0.1, 0.15) is 29.4 Å². The molecule has 0 saturated carbocycles. The second-order valence-corrected chi connectivity index (χ2v) is 6.24. The highest BCUT2D eigenvalue weighted by molar-refractivity contribution is 7.10. The minimum atomic E-state index is -0.507. The second kappa shape index (κ2) is 7.11. The number of likely N-dealkylation sites (N-methyl/N-ethyl adjacent to an activating group) is 1. The van der Waals surface area contributed by atoms with Crippen LogP contribution in [0.4, 0.5) is 8.78 Å². The molecule has 2 rings (SSSR count). The van der Waals surface area contributed by atoms with E-state index in [1.165, 1.54) is 23.1 Å². The van der Waals surface area contributed by atoms with E-state index in [2.05, 4.69) is 16.3 Å². The topological polar surface area (TPSA) is 15.3 Å². The van der Waals surface area contributed by atoms with Gasteiger partial charge in [0.05, 0.1) is 6.04 Å². The van der Waals surface area contributed by atoms with E-state index in [1.807, 2.05) is 25.5 Å². The summed E-state index contributed by atoms with van der Waals surface area (Å²) < 4.78 is 27.5. The summed E-state index contributed by atoms with van der Waals surface area (Å²) in [4.78, 5) is 3.33. The van der Waals surface area contributed by atoms with Crippen molar-refractivity contribution in [3.05, 3.63) is 57.8 Å². The number of hydrogen-bond acceptors (Lipinski definition) is 3. The highest BCUT2D eigenvalue weighted by Crippen LogP contribution is 2.25. The number of thiophene rings is 1.